The minimum atomic E-state index is -0.824. The second-order valence-corrected chi connectivity index (χ2v) is 5.23. The third kappa shape index (κ3) is 3.63. The van der Waals surface area contributed by atoms with Crippen LogP contribution in [0.25, 0.3) is 0 Å². The first-order valence-corrected chi connectivity index (χ1v) is 6.77. The van der Waals surface area contributed by atoms with Crippen molar-refractivity contribution in [2.75, 3.05) is 0 Å². The molecule has 0 aliphatic rings. The summed E-state index contributed by atoms with van der Waals surface area (Å²) < 4.78 is 18.8. The Kier molecular flexibility index (Phi) is 4.86. The monoisotopic (exact) mass is 314 g/mol. The summed E-state index contributed by atoms with van der Waals surface area (Å²) in [7, 11) is 0. The van der Waals surface area contributed by atoms with Gasteiger partial charge >= 0.3 is 0 Å². The number of ether oxygens (including phenoxy) is 1. The first kappa shape index (κ1) is 15.1. The minimum Gasteiger partial charge on any atom is -0.488 e. The summed E-state index contributed by atoms with van der Waals surface area (Å²) >= 11 is 11.9. The lowest BCUT2D eigenvalue weighted by Crippen LogP contribution is -2.02. The van der Waals surface area contributed by atoms with E-state index >= 15 is 0 Å². The van der Waals surface area contributed by atoms with Crippen molar-refractivity contribution in [3.8, 4) is 5.75 Å². The highest BCUT2D eigenvalue weighted by atomic mass is 35.5. The van der Waals surface area contributed by atoms with Gasteiger partial charge in [-0.25, -0.2) is 4.39 Å². The van der Waals surface area contributed by atoms with Gasteiger partial charge in [0.2, 0.25) is 0 Å². The van der Waals surface area contributed by atoms with Crippen molar-refractivity contribution >= 4 is 23.2 Å². The molecule has 0 aliphatic heterocycles. The lowest BCUT2D eigenvalue weighted by molar-refractivity contribution is 0.189. The molecular weight excluding hydrogens is 302 g/mol. The fourth-order valence-electron chi connectivity index (χ4n) is 1.79. The van der Waals surface area contributed by atoms with Crippen LogP contribution in [0, 0.1) is 5.82 Å². The van der Waals surface area contributed by atoms with Crippen LogP contribution in [0.1, 0.15) is 24.2 Å². The first-order chi connectivity index (χ1) is 9.47. The van der Waals surface area contributed by atoms with E-state index < -0.39 is 11.9 Å². The van der Waals surface area contributed by atoms with Crippen molar-refractivity contribution in [1.82, 2.24) is 0 Å². The van der Waals surface area contributed by atoms with Gasteiger partial charge in [-0.3, -0.25) is 0 Å². The number of benzene rings is 2. The summed E-state index contributed by atoms with van der Waals surface area (Å²) in [4.78, 5) is 0. The molecule has 0 fully saturated rings. The third-order valence-electron chi connectivity index (χ3n) is 2.81. The van der Waals surface area contributed by atoms with Crippen molar-refractivity contribution < 1.29 is 14.2 Å². The maximum absolute atomic E-state index is 13.2. The van der Waals surface area contributed by atoms with Crippen LogP contribution in [0.5, 0.6) is 5.75 Å². The number of rotatable bonds is 4. The van der Waals surface area contributed by atoms with E-state index in [4.69, 9.17) is 27.9 Å². The molecule has 0 amide bonds. The largest absolute Gasteiger partial charge is 0.488 e. The van der Waals surface area contributed by atoms with Crippen LogP contribution in [-0.2, 0) is 6.61 Å². The van der Waals surface area contributed by atoms with Gasteiger partial charge in [0.25, 0.3) is 0 Å². The number of aliphatic hydroxyl groups excluding tert-OH is 1. The SMILES string of the molecule is CC(O)c1cc(F)ccc1OCc1cc(Cl)ccc1Cl. The van der Waals surface area contributed by atoms with E-state index in [1.54, 1.807) is 25.1 Å². The van der Waals surface area contributed by atoms with E-state index in [1.807, 2.05) is 0 Å². The van der Waals surface area contributed by atoms with Crippen LogP contribution < -0.4 is 4.74 Å². The van der Waals surface area contributed by atoms with Gasteiger partial charge in [-0.1, -0.05) is 23.2 Å². The van der Waals surface area contributed by atoms with Crippen LogP contribution in [0.2, 0.25) is 10.0 Å². The summed E-state index contributed by atoms with van der Waals surface area (Å²) in [6, 6.07) is 9.08. The van der Waals surface area contributed by atoms with Gasteiger partial charge in [0.15, 0.2) is 0 Å². The maximum Gasteiger partial charge on any atom is 0.125 e. The molecule has 0 saturated heterocycles. The summed E-state index contributed by atoms with van der Waals surface area (Å²) in [5.74, 6) is -0.00789. The predicted molar refractivity (Wildman–Crippen MR) is 77.8 cm³/mol. The minimum absolute atomic E-state index is 0.185. The van der Waals surface area contributed by atoms with E-state index in [0.29, 0.717) is 21.4 Å². The molecule has 1 N–H and O–H groups in total. The Morgan fingerprint density at radius 2 is 1.95 bits per heavy atom. The molecule has 0 aromatic heterocycles. The van der Waals surface area contributed by atoms with Gasteiger partial charge < -0.3 is 9.84 Å². The van der Waals surface area contributed by atoms with E-state index in [0.717, 1.165) is 5.56 Å². The van der Waals surface area contributed by atoms with E-state index in [-0.39, 0.29) is 6.61 Å². The van der Waals surface area contributed by atoms with Crippen molar-refractivity contribution in [2.45, 2.75) is 19.6 Å². The van der Waals surface area contributed by atoms with E-state index in [9.17, 15) is 9.50 Å². The second-order valence-electron chi connectivity index (χ2n) is 4.38. The Morgan fingerprint density at radius 1 is 1.20 bits per heavy atom. The highest BCUT2D eigenvalue weighted by Gasteiger charge is 2.11. The van der Waals surface area contributed by atoms with Gasteiger partial charge in [-0.2, -0.15) is 0 Å². The molecule has 2 aromatic carbocycles. The molecule has 0 radical (unpaired) electrons. The van der Waals surface area contributed by atoms with Gasteiger partial charge in [0.05, 0.1) is 6.10 Å². The number of hydrogen-bond donors (Lipinski definition) is 1. The van der Waals surface area contributed by atoms with E-state index in [2.05, 4.69) is 0 Å². The Morgan fingerprint density at radius 3 is 2.65 bits per heavy atom. The standard InChI is InChI=1S/C15H13Cl2FO2/c1-9(19)13-7-12(18)3-5-15(13)20-8-10-6-11(16)2-4-14(10)17/h2-7,9,19H,8H2,1H3. The molecular formula is C15H13Cl2FO2. The molecule has 106 valence electrons. The van der Waals surface area contributed by atoms with Crippen LogP contribution >= 0.6 is 23.2 Å². The van der Waals surface area contributed by atoms with Gasteiger partial charge in [0, 0.05) is 21.2 Å². The lowest BCUT2D eigenvalue weighted by atomic mass is 10.1. The summed E-state index contributed by atoms with van der Waals surface area (Å²) in [5.41, 5.74) is 1.11. The van der Waals surface area contributed by atoms with Crippen LogP contribution in [-0.4, -0.2) is 5.11 Å². The molecule has 1 atom stereocenters. The number of aliphatic hydroxyl groups is 1. The fourth-order valence-corrected chi connectivity index (χ4v) is 2.15. The smallest absolute Gasteiger partial charge is 0.125 e. The molecule has 0 bridgehead atoms. The maximum atomic E-state index is 13.2. The van der Waals surface area contributed by atoms with Crippen molar-refractivity contribution in [3.05, 3.63) is 63.4 Å². The zero-order valence-corrected chi connectivity index (χ0v) is 12.2. The topological polar surface area (TPSA) is 29.5 Å². The van der Waals surface area contributed by atoms with Crippen molar-refractivity contribution in [2.24, 2.45) is 0 Å². The molecule has 5 heteroatoms. The Bertz CT molecular complexity index is 615. The van der Waals surface area contributed by atoms with Crippen molar-refractivity contribution in [1.29, 1.82) is 0 Å². The van der Waals surface area contributed by atoms with Crippen LogP contribution in [0.15, 0.2) is 36.4 Å². The number of halogens is 3. The first-order valence-electron chi connectivity index (χ1n) is 6.01. The Labute approximate surface area is 126 Å². The quantitative estimate of drug-likeness (QED) is 0.881. The molecule has 2 rings (SSSR count). The molecule has 20 heavy (non-hydrogen) atoms. The zero-order chi connectivity index (χ0) is 14.7. The van der Waals surface area contributed by atoms with Gasteiger partial charge in [0.1, 0.15) is 18.2 Å². The predicted octanol–water partition coefficient (Wildman–Crippen LogP) is 4.76. The normalized spacial score (nSPS) is 12.2. The molecule has 0 saturated carbocycles. The Balaban J connectivity index is 2.20. The molecule has 2 aromatic rings. The molecule has 1 unspecified atom stereocenters. The third-order valence-corrected chi connectivity index (χ3v) is 3.42. The molecule has 0 aliphatic carbocycles. The second kappa shape index (κ2) is 6.44. The lowest BCUT2D eigenvalue weighted by Gasteiger charge is -2.14. The molecule has 0 heterocycles. The highest BCUT2D eigenvalue weighted by Crippen LogP contribution is 2.28. The fraction of sp³-hybridized carbons (Fsp3) is 0.200. The zero-order valence-electron chi connectivity index (χ0n) is 10.7. The average Bonchev–Trinajstić information content (AvgIpc) is 2.40. The summed E-state index contributed by atoms with van der Waals surface area (Å²) in [5, 5.41) is 10.7. The van der Waals surface area contributed by atoms with E-state index in [1.165, 1.54) is 18.2 Å². The summed E-state index contributed by atoms with van der Waals surface area (Å²) in [6.07, 6.45) is -0.824. The number of hydrogen-bond acceptors (Lipinski definition) is 2. The van der Waals surface area contributed by atoms with Gasteiger partial charge in [-0.15, -0.1) is 0 Å². The Hall–Kier alpha value is -1.29. The highest BCUT2D eigenvalue weighted by molar-refractivity contribution is 6.33. The van der Waals surface area contributed by atoms with Crippen molar-refractivity contribution in [3.63, 3.8) is 0 Å². The van der Waals surface area contributed by atoms with Crippen LogP contribution in [0.3, 0.4) is 0 Å². The summed E-state index contributed by atoms with van der Waals surface area (Å²) in [6.45, 7) is 1.73. The molecule has 0 spiro atoms. The average molecular weight is 315 g/mol. The molecule has 2 nitrogen and oxygen atoms in total. The van der Waals surface area contributed by atoms with Gasteiger partial charge in [-0.05, 0) is 43.3 Å². The van der Waals surface area contributed by atoms with Crippen LogP contribution in [0.4, 0.5) is 4.39 Å².